The molecule has 1 amide bonds. The number of nitrogens with one attached hydrogen (secondary N) is 5. The van der Waals surface area contributed by atoms with Crippen LogP contribution in [0.2, 0.25) is 0 Å². The van der Waals surface area contributed by atoms with Gasteiger partial charge in [0.1, 0.15) is 11.7 Å². The molecular formula is C19H23N7O6. The van der Waals surface area contributed by atoms with E-state index in [0.29, 0.717) is 30.3 Å². The Labute approximate surface area is 181 Å². The molecule has 9 N–H and O–H groups in total. The van der Waals surface area contributed by atoms with Crippen molar-refractivity contribution in [3.8, 4) is 0 Å². The molecule has 0 spiro atoms. The first-order chi connectivity index (χ1) is 15.2. The number of nitrogens with zero attached hydrogens (tertiary/aromatic N) is 1. The van der Waals surface area contributed by atoms with E-state index < -0.39 is 23.9 Å². The van der Waals surface area contributed by atoms with Crippen LogP contribution in [-0.4, -0.2) is 63.2 Å². The highest BCUT2D eigenvalue weighted by Gasteiger charge is 2.23. The van der Waals surface area contributed by atoms with Crippen molar-refractivity contribution in [3.05, 3.63) is 40.2 Å². The van der Waals surface area contributed by atoms with Gasteiger partial charge in [-0.3, -0.25) is 19.4 Å². The summed E-state index contributed by atoms with van der Waals surface area (Å²) >= 11 is 0. The molecule has 1 aliphatic rings. The molecule has 0 saturated heterocycles. The summed E-state index contributed by atoms with van der Waals surface area (Å²) in [5.41, 5.74) is 6.40. The highest BCUT2D eigenvalue weighted by atomic mass is 16.4. The number of anilines is 4. The Kier molecular flexibility index (Phi) is 6.77. The molecule has 170 valence electrons. The fourth-order valence-corrected chi connectivity index (χ4v) is 3.10. The van der Waals surface area contributed by atoms with E-state index in [0.717, 1.165) is 0 Å². The third-order valence-corrected chi connectivity index (χ3v) is 4.75. The lowest BCUT2D eigenvalue weighted by Crippen LogP contribution is -2.41. The second-order valence-corrected chi connectivity index (χ2v) is 7.15. The summed E-state index contributed by atoms with van der Waals surface area (Å²) in [4.78, 5) is 52.6. The lowest BCUT2D eigenvalue weighted by Gasteiger charge is -2.27. The molecule has 0 bridgehead atoms. The Morgan fingerprint density at radius 2 is 1.94 bits per heavy atom. The number of H-pyrrole nitrogens is 1. The third kappa shape index (κ3) is 5.65. The predicted molar refractivity (Wildman–Crippen MR) is 116 cm³/mol. The van der Waals surface area contributed by atoms with Crippen LogP contribution in [0.15, 0.2) is 29.1 Å². The maximum atomic E-state index is 12.3. The maximum absolute atomic E-state index is 12.3. The SMILES string of the molecule is Nc1nc2c(c(=O)[nH]1)NC(CN[13c]1[13cH][13cH][13c](C(=O)N[C@@H](CCC(=O)O)C(=O)O)[13cH][13cH]1)CN2. The number of fused-ring (bicyclic) bond motifs is 1. The third-order valence-electron chi connectivity index (χ3n) is 4.75. The molecule has 1 aromatic heterocycles. The Morgan fingerprint density at radius 3 is 2.59 bits per heavy atom. The van der Waals surface area contributed by atoms with Gasteiger partial charge in [0, 0.05) is 30.8 Å². The number of aliphatic carboxylic acids is 2. The number of benzene rings is 1. The lowest BCUT2D eigenvalue weighted by atomic mass is 10.1. The second kappa shape index (κ2) is 9.68. The predicted octanol–water partition coefficient (Wildman–Crippen LogP) is -0.282. The Bertz CT molecular complexity index is 1070. The molecule has 0 saturated carbocycles. The van der Waals surface area contributed by atoms with Gasteiger partial charge in [-0.05, 0) is 30.7 Å². The number of hydrogen-bond acceptors (Lipinski definition) is 9. The fourth-order valence-electron chi connectivity index (χ4n) is 3.10. The van der Waals surface area contributed by atoms with Crippen molar-refractivity contribution in [3.63, 3.8) is 0 Å². The van der Waals surface area contributed by atoms with E-state index in [1.165, 1.54) is 12.1 Å². The van der Waals surface area contributed by atoms with Crippen LogP contribution in [0.3, 0.4) is 0 Å². The van der Waals surface area contributed by atoms with Gasteiger partial charge in [0.25, 0.3) is 11.5 Å². The van der Waals surface area contributed by atoms with Crippen molar-refractivity contribution in [2.24, 2.45) is 0 Å². The number of carbonyl (C=O) groups excluding carboxylic acids is 1. The quantitative estimate of drug-likeness (QED) is 0.248. The first-order valence-corrected chi connectivity index (χ1v) is 9.72. The minimum Gasteiger partial charge on any atom is -0.481 e. The van der Waals surface area contributed by atoms with E-state index in [-0.39, 0.29) is 36.0 Å². The van der Waals surface area contributed by atoms with Crippen LogP contribution in [0.5, 0.6) is 0 Å². The molecule has 2 aromatic rings. The first kappa shape index (κ1) is 22.4. The highest BCUT2D eigenvalue weighted by Crippen LogP contribution is 2.20. The average Bonchev–Trinajstić information content (AvgIpc) is 2.75. The van der Waals surface area contributed by atoms with Crippen LogP contribution in [0, 0.1) is 0 Å². The number of aromatic nitrogens is 2. The molecular weight excluding hydrogens is 428 g/mol. The number of nitrogens with two attached hydrogens (primary N) is 1. The molecule has 3 rings (SSSR count). The molecule has 2 atom stereocenters. The minimum atomic E-state index is -1.30. The molecule has 13 heteroatoms. The van der Waals surface area contributed by atoms with Gasteiger partial charge in [-0.2, -0.15) is 4.98 Å². The molecule has 2 heterocycles. The summed E-state index contributed by atoms with van der Waals surface area (Å²) < 4.78 is 0. The normalized spacial score (nSPS) is 15.4. The van der Waals surface area contributed by atoms with Crippen molar-refractivity contribution in [2.75, 3.05) is 34.8 Å². The van der Waals surface area contributed by atoms with Crippen LogP contribution >= 0.6 is 0 Å². The van der Waals surface area contributed by atoms with Crippen molar-refractivity contribution >= 4 is 41.0 Å². The van der Waals surface area contributed by atoms with Crippen LogP contribution in [0.25, 0.3) is 0 Å². The van der Waals surface area contributed by atoms with Gasteiger partial charge in [-0.1, -0.05) is 0 Å². The van der Waals surface area contributed by atoms with E-state index in [9.17, 15) is 19.2 Å². The smallest absolute Gasteiger partial charge is 0.326 e. The summed E-state index contributed by atoms with van der Waals surface area (Å²) in [6.07, 6.45) is -0.587. The number of amides is 1. The minimum absolute atomic E-state index is 0.0281. The summed E-state index contributed by atoms with van der Waals surface area (Å²) in [7, 11) is 0. The van der Waals surface area contributed by atoms with E-state index in [4.69, 9.17) is 15.9 Å². The fraction of sp³-hybridized carbons (Fsp3) is 0.316. The van der Waals surface area contributed by atoms with E-state index in [1.54, 1.807) is 12.1 Å². The molecule has 1 aromatic carbocycles. The van der Waals surface area contributed by atoms with Gasteiger partial charge in [0.15, 0.2) is 5.82 Å². The van der Waals surface area contributed by atoms with Crippen molar-refractivity contribution < 1.29 is 24.6 Å². The van der Waals surface area contributed by atoms with Crippen LogP contribution in [-0.2, 0) is 9.59 Å². The zero-order chi connectivity index (χ0) is 23.3. The summed E-state index contributed by atoms with van der Waals surface area (Å²) in [6, 6.07) is 4.93. The zero-order valence-electron chi connectivity index (χ0n) is 16.8. The van der Waals surface area contributed by atoms with Crippen LogP contribution < -0.4 is 32.6 Å². The number of hydrogen-bond donors (Lipinski definition) is 8. The van der Waals surface area contributed by atoms with Gasteiger partial charge in [-0.25, -0.2) is 4.79 Å². The summed E-state index contributed by atoms with van der Waals surface area (Å²) in [5, 5.41) is 29.5. The number of nitrogen functional groups attached to an aromatic ring is 1. The van der Waals surface area contributed by atoms with E-state index in [1.807, 2.05) is 0 Å². The van der Waals surface area contributed by atoms with Gasteiger partial charge < -0.3 is 37.2 Å². The standard InChI is InChI=1S/C19H23N7O6/c20-19-25-15-14(17(30)26-19)23-11(8-22-15)7-21-10-3-1-9(2-4-10)16(29)24-12(18(31)32)5-6-13(27)28/h1-4,11-12,21,23H,5-8H2,(H,24,29)(H,27,28)(H,31,32)(H4,20,22,25,26,30)/t11?,12-/m0/s1/i1+1,2+1,3+1,4+1,9+1,10+1. The van der Waals surface area contributed by atoms with Gasteiger partial charge in [0.2, 0.25) is 5.95 Å². The number of aromatic amines is 1. The van der Waals surface area contributed by atoms with Crippen molar-refractivity contribution in [1.29, 1.82) is 0 Å². The molecule has 0 aliphatic carbocycles. The topological polar surface area (TPSA) is 212 Å². The number of carbonyl (C=O) groups is 3. The van der Waals surface area contributed by atoms with Crippen LogP contribution in [0.4, 0.5) is 23.1 Å². The van der Waals surface area contributed by atoms with E-state index >= 15 is 0 Å². The second-order valence-electron chi connectivity index (χ2n) is 7.15. The first-order valence-electron chi connectivity index (χ1n) is 9.72. The average molecular weight is 451 g/mol. The van der Waals surface area contributed by atoms with E-state index in [2.05, 4.69) is 31.2 Å². The molecule has 1 aliphatic heterocycles. The van der Waals surface area contributed by atoms with Gasteiger partial charge in [-0.15, -0.1) is 0 Å². The van der Waals surface area contributed by atoms with Crippen molar-refractivity contribution in [1.82, 2.24) is 15.3 Å². The number of carboxylic acid groups (broad SMARTS) is 2. The highest BCUT2D eigenvalue weighted by molar-refractivity contribution is 5.96. The summed E-state index contributed by atoms with van der Waals surface area (Å²) in [5.74, 6) is -2.64. The summed E-state index contributed by atoms with van der Waals surface area (Å²) in [6.45, 7) is 0.960. The molecule has 32 heavy (non-hydrogen) atoms. The molecule has 1 unspecified atom stereocenters. The Hall–Kier alpha value is -4.29. The monoisotopic (exact) mass is 451 g/mol. The number of carboxylic acids is 2. The zero-order valence-corrected chi connectivity index (χ0v) is 16.8. The molecule has 13 nitrogen and oxygen atoms in total. The van der Waals surface area contributed by atoms with Crippen molar-refractivity contribution in [2.45, 2.75) is 24.9 Å². The Balaban J connectivity index is 1.54. The van der Waals surface area contributed by atoms with Gasteiger partial charge in [0.05, 0.1) is 6.04 Å². The molecule has 0 fully saturated rings. The Morgan fingerprint density at radius 1 is 1.22 bits per heavy atom. The number of rotatable bonds is 9. The van der Waals surface area contributed by atoms with Crippen LogP contribution in [0.1, 0.15) is 23.2 Å². The largest absolute Gasteiger partial charge is 0.481 e. The maximum Gasteiger partial charge on any atom is 0.326 e. The van der Waals surface area contributed by atoms with Gasteiger partial charge >= 0.3 is 11.9 Å². The lowest BCUT2D eigenvalue weighted by molar-refractivity contribution is -0.140. The molecule has 0 radical (unpaired) electrons.